The van der Waals surface area contributed by atoms with Crippen LogP contribution in [0.3, 0.4) is 0 Å². The number of nitrogens with zero attached hydrogens (tertiary/aromatic N) is 2. The summed E-state index contributed by atoms with van der Waals surface area (Å²) >= 11 is 0. The predicted octanol–water partition coefficient (Wildman–Crippen LogP) is -0.372. The van der Waals surface area contributed by atoms with Gasteiger partial charge in [0, 0.05) is 19.3 Å². The largest absolute Gasteiger partial charge is 0.338 e. The lowest BCUT2D eigenvalue weighted by Gasteiger charge is -2.20. The molecule has 7 nitrogen and oxygen atoms in total. The Kier molecular flexibility index (Phi) is 4.01. The first-order valence-corrected chi connectivity index (χ1v) is 7.76. The number of amides is 1. The van der Waals surface area contributed by atoms with Gasteiger partial charge in [-0.3, -0.25) is 15.6 Å². The number of nitrogens with one attached hydrogen (secondary N) is 1. The van der Waals surface area contributed by atoms with Crippen LogP contribution in [0, 0.1) is 0 Å². The van der Waals surface area contributed by atoms with E-state index in [0.717, 1.165) is 0 Å². The Morgan fingerprint density at radius 2 is 2.16 bits per heavy atom. The van der Waals surface area contributed by atoms with Gasteiger partial charge < -0.3 is 10.3 Å². The lowest BCUT2D eigenvalue weighted by molar-refractivity contribution is 0.0769. The van der Waals surface area contributed by atoms with Gasteiger partial charge in [-0.05, 0) is 12.5 Å². The summed E-state index contributed by atoms with van der Waals surface area (Å²) in [7, 11) is -3.03. The monoisotopic (exact) mass is 284 g/mol. The van der Waals surface area contributed by atoms with E-state index in [4.69, 9.17) is 5.84 Å². The number of nitrogens with two attached hydrogens (primary N) is 1. The van der Waals surface area contributed by atoms with Gasteiger partial charge in [0.25, 0.3) is 5.91 Å². The summed E-state index contributed by atoms with van der Waals surface area (Å²) < 4.78 is 23.0. The third-order valence-corrected chi connectivity index (χ3v) is 4.77. The summed E-state index contributed by atoms with van der Waals surface area (Å²) in [4.78, 5) is 17.8. The highest BCUT2D eigenvalue weighted by atomic mass is 32.2. The summed E-state index contributed by atoms with van der Waals surface area (Å²) in [6.45, 7) is 0.651. The second kappa shape index (κ2) is 5.54. The predicted molar refractivity (Wildman–Crippen MR) is 71.2 cm³/mol. The highest BCUT2D eigenvalue weighted by molar-refractivity contribution is 7.91. The number of carbonyl (C=O) groups is 1. The van der Waals surface area contributed by atoms with E-state index in [0.29, 0.717) is 24.2 Å². The van der Waals surface area contributed by atoms with Crippen molar-refractivity contribution in [2.24, 2.45) is 5.84 Å². The Bertz CT molecular complexity index is 573. The third kappa shape index (κ3) is 3.21. The average molecular weight is 284 g/mol. The molecular formula is C11H16N4O3S. The second-order valence-electron chi connectivity index (χ2n) is 4.36. The van der Waals surface area contributed by atoms with Gasteiger partial charge in [-0.1, -0.05) is 0 Å². The molecule has 0 saturated carbocycles. The van der Waals surface area contributed by atoms with Gasteiger partial charge in [-0.25, -0.2) is 8.42 Å². The van der Waals surface area contributed by atoms with Crippen LogP contribution in [0.2, 0.25) is 0 Å². The topological polar surface area (TPSA) is 105 Å². The summed E-state index contributed by atoms with van der Waals surface area (Å²) in [5, 5.41) is 0. The van der Waals surface area contributed by atoms with E-state index < -0.39 is 9.84 Å². The Balaban J connectivity index is 2.20. The fourth-order valence-corrected chi connectivity index (χ4v) is 3.28. The molecule has 0 spiro atoms. The maximum Gasteiger partial charge on any atom is 0.256 e. The minimum Gasteiger partial charge on any atom is -0.338 e. The number of rotatable bonds is 2. The number of sulfone groups is 1. The van der Waals surface area contributed by atoms with Gasteiger partial charge >= 0.3 is 0 Å². The molecule has 3 N–H and O–H groups in total. The van der Waals surface area contributed by atoms with E-state index in [1.807, 2.05) is 0 Å². The van der Waals surface area contributed by atoms with Crippen LogP contribution in [-0.4, -0.2) is 48.8 Å². The zero-order valence-corrected chi connectivity index (χ0v) is 11.2. The van der Waals surface area contributed by atoms with Crippen molar-refractivity contribution in [3.8, 4) is 0 Å². The molecule has 1 amide bonds. The maximum absolute atomic E-state index is 12.4. The van der Waals surface area contributed by atoms with Crippen LogP contribution in [0.1, 0.15) is 16.8 Å². The average Bonchev–Trinajstić information content (AvgIpc) is 2.59. The van der Waals surface area contributed by atoms with E-state index in [1.165, 1.54) is 12.4 Å². The first-order valence-electron chi connectivity index (χ1n) is 5.94. The van der Waals surface area contributed by atoms with Crippen LogP contribution in [0.4, 0.5) is 5.69 Å². The van der Waals surface area contributed by atoms with Gasteiger partial charge in [0.2, 0.25) is 0 Å². The lowest BCUT2D eigenvalue weighted by Crippen LogP contribution is -2.34. The molecule has 0 aromatic carbocycles. The second-order valence-corrected chi connectivity index (χ2v) is 6.67. The number of hydrogen-bond donors (Lipinski definition) is 2. The highest BCUT2D eigenvalue weighted by Crippen LogP contribution is 2.16. The minimum absolute atomic E-state index is 0.00914. The van der Waals surface area contributed by atoms with Gasteiger partial charge in [0.1, 0.15) is 0 Å². The van der Waals surface area contributed by atoms with Crippen molar-refractivity contribution in [1.29, 1.82) is 0 Å². The molecule has 1 saturated heterocycles. The first-order chi connectivity index (χ1) is 9.03. The highest BCUT2D eigenvalue weighted by Gasteiger charge is 2.24. The number of nitrogen functional groups attached to an aromatic ring is 1. The molecule has 1 aliphatic heterocycles. The molecule has 19 heavy (non-hydrogen) atoms. The molecule has 1 aliphatic rings. The number of carbonyl (C=O) groups excluding carboxylic acids is 1. The zero-order valence-electron chi connectivity index (χ0n) is 10.4. The van der Waals surface area contributed by atoms with E-state index in [-0.39, 0.29) is 24.0 Å². The fourth-order valence-electron chi connectivity index (χ4n) is 2.01. The van der Waals surface area contributed by atoms with Crippen LogP contribution in [-0.2, 0) is 9.84 Å². The standard InChI is InChI=1S/C11H16N4O3S/c12-14-10-8-13-3-2-9(10)11(16)15-4-1-6-19(17,18)7-5-15/h2-3,8,14H,1,4-7,12H2. The van der Waals surface area contributed by atoms with E-state index in [2.05, 4.69) is 10.4 Å². The van der Waals surface area contributed by atoms with Crippen molar-refractivity contribution in [3.63, 3.8) is 0 Å². The SMILES string of the molecule is NNc1cnccc1C(=O)N1CCCS(=O)(=O)CC1. The molecule has 1 aromatic heterocycles. The quantitative estimate of drug-likeness (QED) is 0.567. The van der Waals surface area contributed by atoms with Gasteiger partial charge in [-0.15, -0.1) is 0 Å². The minimum atomic E-state index is -3.03. The number of hydrogen-bond acceptors (Lipinski definition) is 6. The van der Waals surface area contributed by atoms with Crippen molar-refractivity contribution >= 4 is 21.4 Å². The number of aromatic nitrogens is 1. The van der Waals surface area contributed by atoms with E-state index >= 15 is 0 Å². The van der Waals surface area contributed by atoms with Crippen molar-refractivity contribution in [2.45, 2.75) is 6.42 Å². The van der Waals surface area contributed by atoms with Crippen molar-refractivity contribution in [2.75, 3.05) is 30.0 Å². The van der Waals surface area contributed by atoms with Crippen LogP contribution < -0.4 is 11.3 Å². The van der Waals surface area contributed by atoms with Crippen LogP contribution >= 0.6 is 0 Å². The zero-order chi connectivity index (χ0) is 13.9. The normalized spacial score (nSPS) is 18.7. The molecule has 0 bridgehead atoms. The summed E-state index contributed by atoms with van der Waals surface area (Å²) in [6, 6.07) is 1.57. The molecule has 2 rings (SSSR count). The molecule has 0 atom stereocenters. The van der Waals surface area contributed by atoms with Gasteiger partial charge in [0.15, 0.2) is 9.84 Å². The summed E-state index contributed by atoms with van der Waals surface area (Å²) in [6.07, 6.45) is 3.43. The van der Waals surface area contributed by atoms with Crippen molar-refractivity contribution in [3.05, 3.63) is 24.0 Å². The van der Waals surface area contributed by atoms with Crippen LogP contribution in [0.15, 0.2) is 18.5 Å². The molecule has 1 aromatic rings. The van der Waals surface area contributed by atoms with Gasteiger partial charge in [-0.2, -0.15) is 0 Å². The lowest BCUT2D eigenvalue weighted by atomic mass is 10.2. The smallest absolute Gasteiger partial charge is 0.256 e. The molecule has 8 heteroatoms. The fraction of sp³-hybridized carbons (Fsp3) is 0.455. The number of hydrazine groups is 1. The number of pyridine rings is 1. The van der Waals surface area contributed by atoms with Gasteiger partial charge in [0.05, 0.1) is 29.0 Å². The molecule has 1 fully saturated rings. The molecule has 0 unspecified atom stereocenters. The Labute approximate surface area is 111 Å². The summed E-state index contributed by atoms with van der Waals surface area (Å²) in [5.41, 5.74) is 3.25. The molecular weight excluding hydrogens is 268 g/mol. The molecule has 104 valence electrons. The summed E-state index contributed by atoms with van der Waals surface area (Å²) in [5.74, 6) is 5.25. The Morgan fingerprint density at radius 3 is 2.89 bits per heavy atom. The van der Waals surface area contributed by atoms with Crippen molar-refractivity contribution < 1.29 is 13.2 Å². The molecule has 0 radical (unpaired) electrons. The number of anilines is 1. The molecule has 2 heterocycles. The first kappa shape index (κ1) is 13.8. The van der Waals surface area contributed by atoms with Crippen LogP contribution in [0.5, 0.6) is 0 Å². The maximum atomic E-state index is 12.4. The van der Waals surface area contributed by atoms with Crippen LogP contribution in [0.25, 0.3) is 0 Å². The van der Waals surface area contributed by atoms with Crippen molar-refractivity contribution in [1.82, 2.24) is 9.88 Å². The van der Waals surface area contributed by atoms with E-state index in [1.54, 1.807) is 11.0 Å². The Hall–Kier alpha value is -1.67. The third-order valence-electron chi connectivity index (χ3n) is 3.05. The van der Waals surface area contributed by atoms with E-state index in [9.17, 15) is 13.2 Å². The Morgan fingerprint density at radius 1 is 1.37 bits per heavy atom. The molecule has 0 aliphatic carbocycles.